The van der Waals surface area contributed by atoms with Gasteiger partial charge in [-0.05, 0) is 64.2 Å². The van der Waals surface area contributed by atoms with Crippen molar-refractivity contribution >= 4 is 11.8 Å². The Balaban J connectivity index is 1.74. The van der Waals surface area contributed by atoms with E-state index in [2.05, 4.69) is 6.92 Å². The highest BCUT2D eigenvalue weighted by Crippen LogP contribution is 2.33. The predicted octanol–water partition coefficient (Wildman–Crippen LogP) is 3.42. The van der Waals surface area contributed by atoms with Gasteiger partial charge in [-0.2, -0.15) is 0 Å². The van der Waals surface area contributed by atoms with Crippen LogP contribution in [0.5, 0.6) is 0 Å². The maximum atomic E-state index is 14.0. The third kappa shape index (κ3) is 6.74. The summed E-state index contributed by atoms with van der Waals surface area (Å²) in [4.78, 5) is 28.1. The molecule has 2 fully saturated rings. The first-order chi connectivity index (χ1) is 12.8. The largest absolute Gasteiger partial charge is 0.372 e. The summed E-state index contributed by atoms with van der Waals surface area (Å²) < 4.78 is 19.4. The fourth-order valence-electron chi connectivity index (χ4n) is 4.29. The van der Waals surface area contributed by atoms with E-state index in [1.54, 1.807) is 4.90 Å². The van der Waals surface area contributed by atoms with Crippen molar-refractivity contribution in [1.82, 2.24) is 9.80 Å². The third-order valence-corrected chi connectivity index (χ3v) is 6.00. The normalized spacial score (nSPS) is 22.6. The van der Waals surface area contributed by atoms with Crippen LogP contribution in [0.15, 0.2) is 0 Å². The Bertz CT molecular complexity index is 484. The van der Waals surface area contributed by atoms with E-state index < -0.39 is 5.67 Å². The first-order valence-electron chi connectivity index (χ1n) is 10.7. The fourth-order valence-corrected chi connectivity index (χ4v) is 4.29. The molecule has 0 N–H and O–H groups in total. The van der Waals surface area contributed by atoms with Gasteiger partial charge in [0.1, 0.15) is 6.61 Å². The van der Waals surface area contributed by atoms with Gasteiger partial charge in [-0.3, -0.25) is 9.59 Å². The summed E-state index contributed by atoms with van der Waals surface area (Å²) in [7, 11) is 0. The van der Waals surface area contributed by atoms with E-state index in [4.69, 9.17) is 4.74 Å². The zero-order chi connectivity index (χ0) is 19.9. The molecule has 2 aliphatic rings. The van der Waals surface area contributed by atoms with Gasteiger partial charge in [-0.25, -0.2) is 4.39 Å². The maximum Gasteiger partial charge on any atom is 0.259 e. The molecule has 6 heteroatoms. The molecule has 0 spiro atoms. The van der Waals surface area contributed by atoms with Crippen LogP contribution in [0.1, 0.15) is 65.7 Å². The molecule has 2 amide bonds. The number of carbonyl (C=O) groups excluding carboxylic acids is 2. The number of piperidine rings is 1. The maximum absolute atomic E-state index is 14.0. The summed E-state index contributed by atoms with van der Waals surface area (Å²) in [5.41, 5.74) is -1.79. The predicted molar refractivity (Wildman–Crippen MR) is 104 cm³/mol. The highest BCUT2D eigenvalue weighted by atomic mass is 19.1. The van der Waals surface area contributed by atoms with Crippen LogP contribution in [0.25, 0.3) is 0 Å². The summed E-state index contributed by atoms with van der Waals surface area (Å²) in [6.07, 6.45) is 7.09. The first kappa shape index (κ1) is 22.1. The van der Waals surface area contributed by atoms with Crippen LogP contribution >= 0.6 is 0 Å². The van der Waals surface area contributed by atoms with Crippen LogP contribution in [-0.4, -0.2) is 66.7 Å². The van der Waals surface area contributed by atoms with Crippen LogP contribution in [-0.2, 0) is 14.3 Å². The molecule has 2 rings (SSSR count). The molecule has 1 unspecified atom stereocenters. The van der Waals surface area contributed by atoms with Crippen molar-refractivity contribution in [2.45, 2.75) is 71.4 Å². The van der Waals surface area contributed by atoms with E-state index in [0.29, 0.717) is 31.5 Å². The number of carbonyl (C=O) groups is 2. The molecule has 156 valence electrons. The summed E-state index contributed by atoms with van der Waals surface area (Å²) in [6.45, 7) is 8.57. The Labute approximate surface area is 163 Å². The lowest BCUT2D eigenvalue weighted by molar-refractivity contribution is -0.142. The quantitative estimate of drug-likeness (QED) is 0.632. The molecular weight excluding hydrogens is 347 g/mol. The molecule has 0 aromatic heterocycles. The highest BCUT2D eigenvalue weighted by molar-refractivity contribution is 5.84. The molecule has 0 aliphatic carbocycles. The number of unbranched alkanes of at least 4 members (excludes halogenated alkanes) is 1. The van der Waals surface area contributed by atoms with Crippen LogP contribution < -0.4 is 0 Å². The number of likely N-dealkylation sites (tertiary alicyclic amines) is 2. The molecule has 0 radical (unpaired) electrons. The smallest absolute Gasteiger partial charge is 0.259 e. The van der Waals surface area contributed by atoms with Crippen molar-refractivity contribution in [2.24, 2.45) is 11.8 Å². The van der Waals surface area contributed by atoms with Gasteiger partial charge >= 0.3 is 0 Å². The SMILES string of the molecule is CCCCOCC(=O)N1CCC(C2CCCN(C(=O)C(C)(C)F)CC2)CC1. The average Bonchev–Trinajstić information content (AvgIpc) is 2.90. The van der Waals surface area contributed by atoms with Crippen molar-refractivity contribution in [3.63, 3.8) is 0 Å². The third-order valence-electron chi connectivity index (χ3n) is 6.00. The molecule has 2 aliphatic heterocycles. The minimum absolute atomic E-state index is 0.104. The van der Waals surface area contributed by atoms with E-state index in [-0.39, 0.29) is 18.4 Å². The average molecular weight is 385 g/mol. The minimum atomic E-state index is -1.79. The number of amides is 2. The van der Waals surface area contributed by atoms with Gasteiger partial charge in [0, 0.05) is 32.8 Å². The van der Waals surface area contributed by atoms with Crippen LogP contribution in [0.2, 0.25) is 0 Å². The standard InChI is InChI=1S/C21H37FN2O3/c1-4-5-15-27-16-19(25)23-12-8-18(9-13-23)17-7-6-11-24(14-10-17)20(26)21(2,3)22/h17-18H,4-16H2,1-3H3. The van der Waals surface area contributed by atoms with E-state index in [0.717, 1.165) is 58.0 Å². The second-order valence-corrected chi connectivity index (χ2v) is 8.58. The van der Waals surface area contributed by atoms with Gasteiger partial charge in [0.15, 0.2) is 5.67 Å². The lowest BCUT2D eigenvalue weighted by Gasteiger charge is -2.36. The lowest BCUT2D eigenvalue weighted by atomic mass is 9.80. The van der Waals surface area contributed by atoms with Crippen molar-refractivity contribution < 1.29 is 18.7 Å². The Hall–Kier alpha value is -1.17. The van der Waals surface area contributed by atoms with Crippen molar-refractivity contribution in [1.29, 1.82) is 0 Å². The Morgan fingerprint density at radius 3 is 2.19 bits per heavy atom. The molecule has 2 saturated heterocycles. The van der Waals surface area contributed by atoms with E-state index in [9.17, 15) is 14.0 Å². The highest BCUT2D eigenvalue weighted by Gasteiger charge is 2.35. The van der Waals surface area contributed by atoms with Crippen molar-refractivity contribution in [3.8, 4) is 0 Å². The molecule has 0 saturated carbocycles. The Morgan fingerprint density at radius 1 is 1.00 bits per heavy atom. The summed E-state index contributed by atoms with van der Waals surface area (Å²) in [5.74, 6) is 0.895. The molecule has 0 aromatic rings. The Morgan fingerprint density at radius 2 is 1.59 bits per heavy atom. The zero-order valence-corrected chi connectivity index (χ0v) is 17.3. The van der Waals surface area contributed by atoms with E-state index in [1.807, 2.05) is 4.90 Å². The molecule has 1 atom stereocenters. The number of rotatable bonds is 7. The van der Waals surface area contributed by atoms with Crippen LogP contribution in [0, 0.1) is 11.8 Å². The fraction of sp³-hybridized carbons (Fsp3) is 0.905. The second-order valence-electron chi connectivity index (χ2n) is 8.58. The number of nitrogens with zero attached hydrogens (tertiary/aromatic N) is 2. The lowest BCUT2D eigenvalue weighted by Crippen LogP contribution is -2.43. The topological polar surface area (TPSA) is 49.9 Å². The van der Waals surface area contributed by atoms with Gasteiger partial charge in [-0.1, -0.05) is 13.3 Å². The molecule has 5 nitrogen and oxygen atoms in total. The van der Waals surface area contributed by atoms with Gasteiger partial charge in [0.25, 0.3) is 5.91 Å². The molecule has 2 heterocycles. The number of halogens is 1. The molecule has 27 heavy (non-hydrogen) atoms. The zero-order valence-electron chi connectivity index (χ0n) is 17.3. The monoisotopic (exact) mass is 384 g/mol. The summed E-state index contributed by atoms with van der Waals surface area (Å²) >= 11 is 0. The van der Waals surface area contributed by atoms with E-state index >= 15 is 0 Å². The second kappa shape index (κ2) is 10.4. The summed E-state index contributed by atoms with van der Waals surface area (Å²) in [6, 6.07) is 0. The summed E-state index contributed by atoms with van der Waals surface area (Å²) in [5, 5.41) is 0. The molecule has 0 aromatic carbocycles. The van der Waals surface area contributed by atoms with Crippen LogP contribution in [0.4, 0.5) is 4.39 Å². The van der Waals surface area contributed by atoms with Gasteiger partial charge in [0.05, 0.1) is 0 Å². The van der Waals surface area contributed by atoms with Gasteiger partial charge < -0.3 is 14.5 Å². The molecule has 0 bridgehead atoms. The number of hydrogen-bond acceptors (Lipinski definition) is 3. The van der Waals surface area contributed by atoms with Crippen molar-refractivity contribution in [2.75, 3.05) is 39.4 Å². The minimum Gasteiger partial charge on any atom is -0.372 e. The number of hydrogen-bond donors (Lipinski definition) is 0. The van der Waals surface area contributed by atoms with Gasteiger partial charge in [0.2, 0.25) is 5.91 Å². The van der Waals surface area contributed by atoms with E-state index in [1.165, 1.54) is 13.8 Å². The molecular formula is C21H37FN2O3. The van der Waals surface area contributed by atoms with Crippen molar-refractivity contribution in [3.05, 3.63) is 0 Å². The Kier molecular flexibility index (Phi) is 8.52. The number of ether oxygens (including phenoxy) is 1. The number of alkyl halides is 1. The first-order valence-corrected chi connectivity index (χ1v) is 10.7. The van der Waals surface area contributed by atoms with Gasteiger partial charge in [-0.15, -0.1) is 0 Å². The van der Waals surface area contributed by atoms with Crippen LogP contribution in [0.3, 0.4) is 0 Å².